The molecule has 0 aliphatic rings. The minimum atomic E-state index is -0.294. The largest absolute Gasteiger partial charge is 0.376 e. The lowest BCUT2D eigenvalue weighted by Gasteiger charge is -2.05. The second kappa shape index (κ2) is 11.1. The fourth-order valence-electron chi connectivity index (χ4n) is 2.24. The zero-order valence-electron chi connectivity index (χ0n) is 15.9. The van der Waals surface area contributed by atoms with Gasteiger partial charge < -0.3 is 10.6 Å². The van der Waals surface area contributed by atoms with Crippen LogP contribution >= 0.6 is 0 Å². The highest BCUT2D eigenvalue weighted by Gasteiger charge is 2.00. The molecular weight excluding hydrogens is 356 g/mol. The summed E-state index contributed by atoms with van der Waals surface area (Å²) in [5.41, 5.74) is 8.66. The molecule has 0 saturated carbocycles. The zero-order valence-corrected chi connectivity index (χ0v) is 15.9. The van der Waals surface area contributed by atoms with Crippen LogP contribution in [0.15, 0.2) is 58.7 Å². The van der Waals surface area contributed by atoms with E-state index in [4.69, 9.17) is 0 Å². The number of aryl methyl sites for hydroxylation is 2. The molecule has 2 aromatic rings. The van der Waals surface area contributed by atoms with Crippen LogP contribution in [-0.2, 0) is 9.59 Å². The monoisotopic (exact) mass is 380 g/mol. The van der Waals surface area contributed by atoms with Crippen LogP contribution in [0.2, 0.25) is 0 Å². The molecule has 146 valence electrons. The normalized spacial score (nSPS) is 10.8. The number of carbonyl (C=O) groups excluding carboxylic acids is 2. The third-order valence-corrected chi connectivity index (χ3v) is 3.54. The van der Waals surface area contributed by atoms with Crippen LogP contribution in [0.4, 0.5) is 11.4 Å². The first-order valence-corrected chi connectivity index (χ1v) is 8.76. The first kappa shape index (κ1) is 20.6. The van der Waals surface area contributed by atoms with E-state index in [0.29, 0.717) is 0 Å². The van der Waals surface area contributed by atoms with Crippen LogP contribution in [-0.4, -0.2) is 37.3 Å². The Bertz CT molecular complexity index is 792. The maximum atomic E-state index is 11.7. The number of amides is 2. The van der Waals surface area contributed by atoms with Gasteiger partial charge in [0, 0.05) is 11.4 Å². The number of hydrogen-bond donors (Lipinski definition) is 4. The quantitative estimate of drug-likeness (QED) is 0.394. The van der Waals surface area contributed by atoms with Gasteiger partial charge in [0.2, 0.25) is 0 Å². The summed E-state index contributed by atoms with van der Waals surface area (Å²) in [5.74, 6) is -0.588. The number of benzene rings is 2. The van der Waals surface area contributed by atoms with Gasteiger partial charge in [0.15, 0.2) is 0 Å². The summed E-state index contributed by atoms with van der Waals surface area (Å²) in [4.78, 5) is 23.4. The van der Waals surface area contributed by atoms with Crippen molar-refractivity contribution in [3.8, 4) is 0 Å². The Kier molecular flexibility index (Phi) is 8.19. The molecule has 8 nitrogen and oxygen atoms in total. The standard InChI is InChI=1S/C20H24N6O2/c1-15-5-3-7-17(11-15)21-13-19(27)25-23-9-10-24-26-20(28)14-22-18-8-4-6-16(2)12-18/h3-12,21-22H,13-14H2,1-2H3,(H,25,27)(H,26,28)/b23-9-,24-10-. The predicted octanol–water partition coefficient (Wildman–Crippen LogP) is 2.03. The van der Waals surface area contributed by atoms with Gasteiger partial charge in [0.1, 0.15) is 0 Å². The maximum absolute atomic E-state index is 11.7. The SMILES string of the molecule is Cc1cccc(NCC(=O)N/N=C\C=N/NC(=O)CNc2cccc(C)c2)c1. The van der Waals surface area contributed by atoms with Crippen molar-refractivity contribution in [1.29, 1.82) is 0 Å². The second-order valence-corrected chi connectivity index (χ2v) is 6.07. The Morgan fingerprint density at radius 1 is 0.786 bits per heavy atom. The van der Waals surface area contributed by atoms with Crippen LogP contribution in [0.3, 0.4) is 0 Å². The predicted molar refractivity (Wildman–Crippen MR) is 113 cm³/mol. The van der Waals surface area contributed by atoms with Crippen LogP contribution in [0.5, 0.6) is 0 Å². The molecule has 0 radical (unpaired) electrons. The van der Waals surface area contributed by atoms with Gasteiger partial charge in [-0.15, -0.1) is 0 Å². The summed E-state index contributed by atoms with van der Waals surface area (Å²) < 4.78 is 0. The van der Waals surface area contributed by atoms with Gasteiger partial charge in [-0.05, 0) is 49.2 Å². The number of nitrogens with one attached hydrogen (secondary N) is 4. The van der Waals surface area contributed by atoms with Gasteiger partial charge in [-0.2, -0.15) is 10.2 Å². The van der Waals surface area contributed by atoms with E-state index in [-0.39, 0.29) is 24.9 Å². The van der Waals surface area contributed by atoms with Gasteiger partial charge in [-0.1, -0.05) is 24.3 Å². The number of hydrazone groups is 2. The molecule has 0 saturated heterocycles. The second-order valence-electron chi connectivity index (χ2n) is 6.07. The van der Waals surface area contributed by atoms with Crippen molar-refractivity contribution < 1.29 is 9.59 Å². The highest BCUT2D eigenvalue weighted by atomic mass is 16.2. The molecule has 2 amide bonds. The third-order valence-electron chi connectivity index (χ3n) is 3.54. The molecule has 4 N–H and O–H groups in total. The Morgan fingerprint density at radius 2 is 1.21 bits per heavy atom. The fourth-order valence-corrected chi connectivity index (χ4v) is 2.24. The van der Waals surface area contributed by atoms with Crippen LogP contribution in [0.1, 0.15) is 11.1 Å². The van der Waals surface area contributed by atoms with E-state index in [1.54, 1.807) is 0 Å². The van der Waals surface area contributed by atoms with E-state index in [2.05, 4.69) is 31.7 Å². The number of nitrogens with zero attached hydrogens (tertiary/aromatic N) is 2. The average molecular weight is 380 g/mol. The van der Waals surface area contributed by atoms with Crippen LogP contribution in [0, 0.1) is 13.8 Å². The summed E-state index contributed by atoms with van der Waals surface area (Å²) in [6.07, 6.45) is 2.55. The Morgan fingerprint density at radius 3 is 1.61 bits per heavy atom. The molecule has 0 heterocycles. The lowest BCUT2D eigenvalue weighted by atomic mass is 10.2. The molecule has 0 atom stereocenters. The average Bonchev–Trinajstić information content (AvgIpc) is 2.67. The Hall–Kier alpha value is -3.68. The molecule has 0 aliphatic heterocycles. The van der Waals surface area contributed by atoms with Crippen molar-refractivity contribution in [2.75, 3.05) is 23.7 Å². The first-order valence-electron chi connectivity index (χ1n) is 8.76. The van der Waals surface area contributed by atoms with Crippen LogP contribution in [0.25, 0.3) is 0 Å². The summed E-state index contributed by atoms with van der Waals surface area (Å²) >= 11 is 0. The van der Waals surface area contributed by atoms with Gasteiger partial charge in [-0.3, -0.25) is 9.59 Å². The molecule has 28 heavy (non-hydrogen) atoms. The summed E-state index contributed by atoms with van der Waals surface area (Å²) in [6, 6.07) is 15.4. The first-order chi connectivity index (χ1) is 13.5. The number of rotatable bonds is 9. The molecule has 0 aliphatic carbocycles. The van der Waals surface area contributed by atoms with Crippen molar-refractivity contribution in [3.05, 3.63) is 59.7 Å². The lowest BCUT2D eigenvalue weighted by Crippen LogP contribution is -2.26. The molecule has 2 rings (SSSR count). The van der Waals surface area contributed by atoms with E-state index >= 15 is 0 Å². The number of carbonyl (C=O) groups is 2. The van der Waals surface area contributed by atoms with Gasteiger partial charge in [-0.25, -0.2) is 10.9 Å². The highest BCUT2D eigenvalue weighted by molar-refractivity contribution is 6.16. The number of hydrogen-bond acceptors (Lipinski definition) is 6. The Balaban J connectivity index is 1.60. The minimum Gasteiger partial charge on any atom is -0.376 e. The van der Waals surface area contributed by atoms with Crippen molar-refractivity contribution in [3.63, 3.8) is 0 Å². The van der Waals surface area contributed by atoms with Gasteiger partial charge in [0.05, 0.1) is 25.5 Å². The van der Waals surface area contributed by atoms with E-state index in [0.717, 1.165) is 22.5 Å². The molecule has 0 bridgehead atoms. The highest BCUT2D eigenvalue weighted by Crippen LogP contribution is 2.09. The number of anilines is 2. The van der Waals surface area contributed by atoms with Crippen molar-refractivity contribution in [2.24, 2.45) is 10.2 Å². The van der Waals surface area contributed by atoms with Crippen molar-refractivity contribution in [1.82, 2.24) is 10.9 Å². The topological polar surface area (TPSA) is 107 Å². The molecule has 0 fully saturated rings. The van der Waals surface area contributed by atoms with Gasteiger partial charge in [0.25, 0.3) is 11.8 Å². The minimum absolute atomic E-state index is 0.0965. The van der Waals surface area contributed by atoms with E-state index in [1.165, 1.54) is 12.4 Å². The maximum Gasteiger partial charge on any atom is 0.259 e. The Labute approximate surface area is 164 Å². The zero-order chi connectivity index (χ0) is 20.2. The molecule has 0 spiro atoms. The van der Waals surface area contributed by atoms with Crippen LogP contribution < -0.4 is 21.5 Å². The third kappa shape index (κ3) is 8.13. The van der Waals surface area contributed by atoms with E-state index in [9.17, 15) is 9.59 Å². The fraction of sp³-hybridized carbons (Fsp3) is 0.200. The van der Waals surface area contributed by atoms with Crippen molar-refractivity contribution in [2.45, 2.75) is 13.8 Å². The lowest BCUT2D eigenvalue weighted by molar-refractivity contribution is -0.120. The smallest absolute Gasteiger partial charge is 0.259 e. The van der Waals surface area contributed by atoms with E-state index < -0.39 is 0 Å². The van der Waals surface area contributed by atoms with Gasteiger partial charge >= 0.3 is 0 Å². The summed E-state index contributed by atoms with van der Waals surface area (Å²) in [5, 5.41) is 13.4. The van der Waals surface area contributed by atoms with Crippen molar-refractivity contribution >= 4 is 35.6 Å². The molecule has 2 aromatic carbocycles. The molecule has 8 heteroatoms. The molecular formula is C20H24N6O2. The summed E-state index contributed by atoms with van der Waals surface area (Å²) in [7, 11) is 0. The molecule has 0 aromatic heterocycles. The molecule has 0 unspecified atom stereocenters. The van der Waals surface area contributed by atoms with E-state index in [1.807, 2.05) is 62.4 Å². The summed E-state index contributed by atoms with van der Waals surface area (Å²) in [6.45, 7) is 4.15.